The van der Waals surface area contributed by atoms with Crippen LogP contribution >= 0.6 is 24.0 Å². The van der Waals surface area contributed by atoms with Crippen molar-refractivity contribution in [3.05, 3.63) is 42.5 Å². The molecule has 1 atom stereocenters. The predicted molar refractivity (Wildman–Crippen MR) is 128 cm³/mol. The number of nitrogens with zero attached hydrogens (tertiary/aromatic N) is 2. The Morgan fingerprint density at radius 2 is 1.79 bits per heavy atom. The zero-order valence-corrected chi connectivity index (χ0v) is 19.4. The third kappa shape index (κ3) is 6.06. The van der Waals surface area contributed by atoms with Crippen LogP contribution < -0.4 is 30.2 Å². The Bertz CT molecular complexity index is 809. The van der Waals surface area contributed by atoms with Gasteiger partial charge >= 0.3 is 0 Å². The van der Waals surface area contributed by atoms with Crippen LogP contribution in [0.1, 0.15) is 6.42 Å². The summed E-state index contributed by atoms with van der Waals surface area (Å²) in [5.74, 6) is 3.16. The lowest BCUT2D eigenvalue weighted by atomic mass is 10.1. The van der Waals surface area contributed by atoms with Crippen molar-refractivity contribution in [2.45, 2.75) is 6.42 Å². The van der Waals surface area contributed by atoms with Crippen LogP contribution in [-0.2, 0) is 0 Å². The summed E-state index contributed by atoms with van der Waals surface area (Å²) in [6.07, 6.45) is 1.06. The van der Waals surface area contributed by atoms with Crippen molar-refractivity contribution in [2.75, 3.05) is 51.2 Å². The van der Waals surface area contributed by atoms with Crippen molar-refractivity contribution in [2.24, 2.45) is 16.6 Å². The van der Waals surface area contributed by atoms with E-state index in [4.69, 9.17) is 19.9 Å². The average molecular weight is 512 g/mol. The first-order chi connectivity index (χ1) is 13.6. The number of aliphatic imine (C=N–C) groups is 1. The van der Waals surface area contributed by atoms with Crippen LogP contribution in [0.3, 0.4) is 0 Å². The van der Waals surface area contributed by atoms with Crippen LogP contribution in [-0.4, -0.2) is 46.9 Å². The molecular formula is C21H29IN4O3. The SMILES string of the molecule is COc1cc(OC)cc(N2CCC(CN=C(N)Nc3ccccc3OC)C2)c1.I. The normalized spacial score (nSPS) is 16.2. The van der Waals surface area contributed by atoms with Crippen molar-refractivity contribution in [1.29, 1.82) is 0 Å². The molecule has 1 aliphatic rings. The van der Waals surface area contributed by atoms with E-state index in [1.54, 1.807) is 21.3 Å². The van der Waals surface area contributed by atoms with Crippen LogP contribution in [0.25, 0.3) is 0 Å². The van der Waals surface area contributed by atoms with Gasteiger partial charge in [-0.1, -0.05) is 12.1 Å². The quantitative estimate of drug-likeness (QED) is 0.336. The maximum atomic E-state index is 6.07. The lowest BCUT2D eigenvalue weighted by Gasteiger charge is -2.20. The van der Waals surface area contributed by atoms with Gasteiger partial charge in [0.15, 0.2) is 5.96 Å². The summed E-state index contributed by atoms with van der Waals surface area (Å²) in [5, 5.41) is 3.11. The largest absolute Gasteiger partial charge is 0.497 e. The molecule has 1 aliphatic heterocycles. The minimum Gasteiger partial charge on any atom is -0.497 e. The van der Waals surface area contributed by atoms with Crippen LogP contribution in [0.15, 0.2) is 47.5 Å². The Balaban J connectivity index is 0.00000300. The van der Waals surface area contributed by atoms with Crippen molar-refractivity contribution >= 4 is 41.3 Å². The smallest absolute Gasteiger partial charge is 0.193 e. The van der Waals surface area contributed by atoms with Gasteiger partial charge in [0.25, 0.3) is 0 Å². The van der Waals surface area contributed by atoms with Gasteiger partial charge in [-0.25, -0.2) is 0 Å². The summed E-state index contributed by atoms with van der Waals surface area (Å²) in [7, 11) is 4.96. The van der Waals surface area contributed by atoms with E-state index in [0.29, 0.717) is 18.4 Å². The van der Waals surface area contributed by atoms with Gasteiger partial charge in [0, 0.05) is 43.5 Å². The summed E-state index contributed by atoms with van der Waals surface area (Å²) >= 11 is 0. The first kappa shape index (κ1) is 22.9. The molecule has 1 saturated heterocycles. The molecule has 0 spiro atoms. The Kier molecular flexibility index (Phi) is 8.69. The Labute approximate surface area is 189 Å². The number of halogens is 1. The molecule has 8 heteroatoms. The van der Waals surface area contributed by atoms with Gasteiger partial charge in [0.05, 0.1) is 27.0 Å². The summed E-state index contributed by atoms with van der Waals surface area (Å²) in [4.78, 5) is 6.85. The van der Waals surface area contributed by atoms with Gasteiger partial charge < -0.3 is 30.2 Å². The molecule has 1 heterocycles. The zero-order valence-electron chi connectivity index (χ0n) is 17.1. The number of ether oxygens (including phenoxy) is 3. The molecule has 0 radical (unpaired) electrons. The van der Waals surface area contributed by atoms with Crippen molar-refractivity contribution in [3.63, 3.8) is 0 Å². The molecule has 2 aromatic rings. The molecule has 0 aliphatic carbocycles. The monoisotopic (exact) mass is 512 g/mol. The fraction of sp³-hybridized carbons (Fsp3) is 0.381. The molecule has 0 saturated carbocycles. The number of nitrogens with one attached hydrogen (secondary N) is 1. The summed E-state index contributed by atoms with van der Waals surface area (Å²) in [6, 6.07) is 13.6. The number of rotatable bonds is 7. The van der Waals surface area contributed by atoms with Gasteiger partial charge in [-0.2, -0.15) is 0 Å². The van der Waals surface area contributed by atoms with Gasteiger partial charge in [-0.15, -0.1) is 24.0 Å². The number of hydrogen-bond donors (Lipinski definition) is 2. The van der Waals surface area contributed by atoms with Crippen molar-refractivity contribution in [1.82, 2.24) is 0 Å². The molecule has 3 rings (SSSR count). The molecule has 0 aromatic heterocycles. The second-order valence-corrected chi connectivity index (χ2v) is 6.72. The van der Waals surface area contributed by atoms with E-state index >= 15 is 0 Å². The van der Waals surface area contributed by atoms with Gasteiger partial charge in [0.2, 0.25) is 0 Å². The number of hydrogen-bond acceptors (Lipinski definition) is 5. The molecule has 1 fully saturated rings. The maximum Gasteiger partial charge on any atom is 0.193 e. The van der Waals surface area contributed by atoms with Crippen LogP contribution in [0, 0.1) is 5.92 Å². The van der Waals surface area contributed by atoms with E-state index in [2.05, 4.69) is 15.2 Å². The lowest BCUT2D eigenvalue weighted by molar-refractivity contribution is 0.394. The van der Waals surface area contributed by atoms with E-state index in [-0.39, 0.29) is 24.0 Å². The third-order valence-corrected chi connectivity index (χ3v) is 4.88. The fourth-order valence-corrected chi connectivity index (χ4v) is 3.34. The van der Waals surface area contributed by atoms with Crippen molar-refractivity contribution in [3.8, 4) is 17.2 Å². The molecule has 0 amide bonds. The van der Waals surface area contributed by atoms with Crippen LogP contribution in [0.5, 0.6) is 17.2 Å². The van der Waals surface area contributed by atoms with E-state index in [0.717, 1.165) is 48.1 Å². The fourth-order valence-electron chi connectivity index (χ4n) is 3.34. The Morgan fingerprint density at radius 1 is 1.10 bits per heavy atom. The van der Waals surface area contributed by atoms with Crippen LogP contribution in [0.2, 0.25) is 0 Å². The van der Waals surface area contributed by atoms with E-state index < -0.39 is 0 Å². The number of benzene rings is 2. The van der Waals surface area contributed by atoms with Crippen molar-refractivity contribution < 1.29 is 14.2 Å². The minimum atomic E-state index is 0. The molecule has 3 N–H and O–H groups in total. The van der Waals surface area contributed by atoms with E-state index in [1.165, 1.54) is 0 Å². The molecule has 0 bridgehead atoms. The third-order valence-electron chi connectivity index (χ3n) is 4.88. The zero-order chi connectivity index (χ0) is 19.9. The summed E-state index contributed by atoms with van der Waals surface area (Å²) in [5.41, 5.74) is 7.97. The minimum absolute atomic E-state index is 0. The lowest BCUT2D eigenvalue weighted by Crippen LogP contribution is -2.25. The second-order valence-electron chi connectivity index (χ2n) is 6.72. The van der Waals surface area contributed by atoms with E-state index in [1.807, 2.05) is 42.5 Å². The molecular weight excluding hydrogens is 483 g/mol. The molecule has 7 nitrogen and oxygen atoms in total. The van der Waals surface area contributed by atoms with Gasteiger partial charge in [-0.05, 0) is 24.5 Å². The average Bonchev–Trinajstić information content (AvgIpc) is 3.21. The Hall–Kier alpha value is -2.36. The topological polar surface area (TPSA) is 81.3 Å². The second kappa shape index (κ2) is 11.0. The molecule has 2 aromatic carbocycles. The van der Waals surface area contributed by atoms with E-state index in [9.17, 15) is 0 Å². The van der Waals surface area contributed by atoms with Gasteiger partial charge in [-0.3, -0.25) is 4.99 Å². The number of guanidine groups is 1. The number of para-hydroxylation sites is 2. The number of anilines is 2. The highest BCUT2D eigenvalue weighted by Crippen LogP contribution is 2.31. The number of methoxy groups -OCH3 is 3. The predicted octanol–water partition coefficient (Wildman–Crippen LogP) is 3.58. The standard InChI is InChI=1S/C21H28N4O3.HI/c1-26-17-10-16(11-18(12-17)27-2)25-9-8-15(14-25)13-23-21(22)24-19-6-4-5-7-20(19)28-3;/h4-7,10-12,15H,8-9,13-14H2,1-3H3,(H3,22,23,24);1H. The highest BCUT2D eigenvalue weighted by Gasteiger charge is 2.23. The molecule has 29 heavy (non-hydrogen) atoms. The first-order valence-corrected chi connectivity index (χ1v) is 9.31. The van der Waals surface area contributed by atoms with Gasteiger partial charge in [0.1, 0.15) is 17.2 Å². The maximum absolute atomic E-state index is 6.07. The highest BCUT2D eigenvalue weighted by molar-refractivity contribution is 14.0. The molecule has 158 valence electrons. The Morgan fingerprint density at radius 3 is 2.45 bits per heavy atom. The van der Waals surface area contributed by atoms with Crippen LogP contribution in [0.4, 0.5) is 11.4 Å². The first-order valence-electron chi connectivity index (χ1n) is 9.31. The highest BCUT2D eigenvalue weighted by atomic mass is 127. The summed E-state index contributed by atoms with van der Waals surface area (Å²) in [6.45, 7) is 2.56. The molecule has 1 unspecified atom stereocenters. The number of nitrogens with two attached hydrogens (primary N) is 1. The summed E-state index contributed by atoms with van der Waals surface area (Å²) < 4.78 is 16.1.